The highest BCUT2D eigenvalue weighted by Gasteiger charge is 2.18. The maximum absolute atomic E-state index is 12.7. The molecular formula is C18H19BrClNO3. The van der Waals surface area contributed by atoms with Crippen molar-refractivity contribution < 1.29 is 14.3 Å². The highest BCUT2D eigenvalue weighted by Crippen LogP contribution is 2.36. The van der Waals surface area contributed by atoms with Crippen molar-refractivity contribution in [1.29, 1.82) is 0 Å². The van der Waals surface area contributed by atoms with E-state index in [0.717, 1.165) is 10.0 Å². The van der Waals surface area contributed by atoms with Gasteiger partial charge in [-0.15, -0.1) is 0 Å². The van der Waals surface area contributed by atoms with Crippen LogP contribution in [0.15, 0.2) is 40.9 Å². The van der Waals surface area contributed by atoms with Gasteiger partial charge in [0, 0.05) is 23.6 Å². The number of methoxy groups -OCH3 is 1. The summed E-state index contributed by atoms with van der Waals surface area (Å²) in [7, 11) is 3.27. The summed E-state index contributed by atoms with van der Waals surface area (Å²) in [5.41, 5.74) is 1.48. The second-order valence-corrected chi connectivity index (χ2v) is 6.44. The molecule has 0 aliphatic heterocycles. The fourth-order valence-electron chi connectivity index (χ4n) is 2.30. The first-order valence-electron chi connectivity index (χ1n) is 7.47. The summed E-state index contributed by atoms with van der Waals surface area (Å²) in [5, 5.41) is 0.355. The minimum absolute atomic E-state index is 0.144. The lowest BCUT2D eigenvalue weighted by Crippen LogP contribution is -2.26. The van der Waals surface area contributed by atoms with Gasteiger partial charge >= 0.3 is 0 Å². The average molecular weight is 413 g/mol. The molecule has 0 aliphatic rings. The summed E-state index contributed by atoms with van der Waals surface area (Å²) in [6.07, 6.45) is 0. The van der Waals surface area contributed by atoms with Gasteiger partial charge in [0.25, 0.3) is 5.91 Å². The molecule has 24 heavy (non-hydrogen) atoms. The van der Waals surface area contributed by atoms with E-state index in [2.05, 4.69) is 15.9 Å². The first-order valence-corrected chi connectivity index (χ1v) is 8.64. The number of rotatable bonds is 6. The van der Waals surface area contributed by atoms with Crippen molar-refractivity contribution in [2.75, 3.05) is 20.8 Å². The topological polar surface area (TPSA) is 38.8 Å². The van der Waals surface area contributed by atoms with E-state index in [4.69, 9.17) is 21.1 Å². The van der Waals surface area contributed by atoms with Crippen molar-refractivity contribution in [3.05, 3.63) is 57.0 Å². The van der Waals surface area contributed by atoms with Gasteiger partial charge in [0.1, 0.15) is 0 Å². The number of ether oxygens (including phenoxy) is 2. The second-order valence-electron chi connectivity index (χ2n) is 5.18. The molecule has 0 aliphatic carbocycles. The SMILES string of the molecule is CCOc1c(Cl)cc(C(=O)N(C)Cc2ccccc2Br)cc1OC. The normalized spacial score (nSPS) is 10.4. The molecule has 0 unspecified atom stereocenters. The third kappa shape index (κ3) is 4.22. The highest BCUT2D eigenvalue weighted by atomic mass is 79.9. The van der Waals surface area contributed by atoms with Gasteiger partial charge in [-0.1, -0.05) is 45.7 Å². The first-order chi connectivity index (χ1) is 11.5. The average Bonchev–Trinajstić information content (AvgIpc) is 2.57. The van der Waals surface area contributed by atoms with Gasteiger partial charge in [0.2, 0.25) is 0 Å². The number of hydrogen-bond donors (Lipinski definition) is 0. The zero-order valence-corrected chi connectivity index (χ0v) is 16.1. The van der Waals surface area contributed by atoms with Crippen molar-refractivity contribution in [3.63, 3.8) is 0 Å². The number of benzene rings is 2. The van der Waals surface area contributed by atoms with Crippen molar-refractivity contribution in [2.45, 2.75) is 13.5 Å². The summed E-state index contributed by atoms with van der Waals surface area (Å²) < 4.78 is 11.7. The number of halogens is 2. The van der Waals surface area contributed by atoms with Crippen LogP contribution in [0.1, 0.15) is 22.8 Å². The van der Waals surface area contributed by atoms with Gasteiger partial charge in [-0.05, 0) is 30.7 Å². The predicted octanol–water partition coefficient (Wildman–Crippen LogP) is 4.78. The Labute approximate surface area is 155 Å². The molecule has 1 amide bonds. The minimum atomic E-state index is -0.144. The Hall–Kier alpha value is -1.72. The van der Waals surface area contributed by atoms with Gasteiger partial charge in [-0.2, -0.15) is 0 Å². The van der Waals surface area contributed by atoms with Crippen molar-refractivity contribution in [3.8, 4) is 11.5 Å². The monoisotopic (exact) mass is 411 g/mol. The molecule has 0 fully saturated rings. The third-order valence-electron chi connectivity index (χ3n) is 3.48. The molecule has 0 saturated carbocycles. The molecule has 0 radical (unpaired) electrons. The maximum Gasteiger partial charge on any atom is 0.254 e. The Morgan fingerprint density at radius 1 is 1.29 bits per heavy atom. The van der Waals surface area contributed by atoms with Gasteiger partial charge in [-0.3, -0.25) is 4.79 Å². The van der Waals surface area contributed by atoms with Crippen LogP contribution in [0.2, 0.25) is 5.02 Å². The van der Waals surface area contributed by atoms with Crippen LogP contribution >= 0.6 is 27.5 Å². The van der Waals surface area contributed by atoms with Crippen LogP contribution in [0.5, 0.6) is 11.5 Å². The van der Waals surface area contributed by atoms with Crippen molar-refractivity contribution in [1.82, 2.24) is 4.90 Å². The van der Waals surface area contributed by atoms with Crippen LogP contribution in [0.25, 0.3) is 0 Å². The molecular weight excluding hydrogens is 394 g/mol. The van der Waals surface area contributed by atoms with E-state index in [0.29, 0.717) is 35.2 Å². The van der Waals surface area contributed by atoms with Crippen LogP contribution in [-0.4, -0.2) is 31.6 Å². The van der Waals surface area contributed by atoms with Crippen LogP contribution in [0, 0.1) is 0 Å². The fourth-order valence-corrected chi connectivity index (χ4v) is 2.98. The molecule has 0 N–H and O–H groups in total. The molecule has 0 aromatic heterocycles. The summed E-state index contributed by atoms with van der Waals surface area (Å²) in [6, 6.07) is 11.1. The fraction of sp³-hybridized carbons (Fsp3) is 0.278. The molecule has 0 spiro atoms. The lowest BCUT2D eigenvalue weighted by atomic mass is 10.1. The van der Waals surface area contributed by atoms with E-state index in [9.17, 15) is 4.79 Å². The Morgan fingerprint density at radius 3 is 2.62 bits per heavy atom. The first kappa shape index (κ1) is 18.6. The number of nitrogens with zero attached hydrogens (tertiary/aromatic N) is 1. The summed E-state index contributed by atoms with van der Waals surface area (Å²) in [4.78, 5) is 14.3. The number of amides is 1. The molecule has 0 saturated heterocycles. The Kier molecular flexibility index (Phi) is 6.52. The van der Waals surface area contributed by atoms with E-state index in [-0.39, 0.29) is 5.91 Å². The zero-order valence-electron chi connectivity index (χ0n) is 13.8. The van der Waals surface area contributed by atoms with Crippen LogP contribution in [0.4, 0.5) is 0 Å². The van der Waals surface area contributed by atoms with E-state index < -0.39 is 0 Å². The van der Waals surface area contributed by atoms with E-state index in [1.807, 2.05) is 31.2 Å². The maximum atomic E-state index is 12.7. The van der Waals surface area contributed by atoms with Gasteiger partial charge in [0.05, 0.1) is 18.7 Å². The van der Waals surface area contributed by atoms with Crippen molar-refractivity contribution >= 4 is 33.4 Å². The molecule has 2 aromatic rings. The van der Waals surface area contributed by atoms with E-state index >= 15 is 0 Å². The standard InChI is InChI=1S/C18H19BrClNO3/c1-4-24-17-15(20)9-13(10-16(17)23-3)18(22)21(2)11-12-7-5-6-8-14(12)19/h5-10H,4,11H2,1-3H3. The van der Waals surface area contributed by atoms with Crippen molar-refractivity contribution in [2.24, 2.45) is 0 Å². The molecule has 0 bridgehead atoms. The number of carbonyl (C=O) groups is 1. The lowest BCUT2D eigenvalue weighted by molar-refractivity contribution is 0.0784. The highest BCUT2D eigenvalue weighted by molar-refractivity contribution is 9.10. The smallest absolute Gasteiger partial charge is 0.254 e. The summed E-state index contributed by atoms with van der Waals surface area (Å²) >= 11 is 9.74. The predicted molar refractivity (Wildman–Crippen MR) is 99.1 cm³/mol. The van der Waals surface area contributed by atoms with Crippen LogP contribution in [-0.2, 0) is 6.54 Å². The molecule has 2 rings (SSSR count). The molecule has 0 atom stereocenters. The lowest BCUT2D eigenvalue weighted by Gasteiger charge is -2.19. The Morgan fingerprint density at radius 2 is 2.00 bits per heavy atom. The Balaban J connectivity index is 2.25. The largest absolute Gasteiger partial charge is 0.493 e. The van der Waals surface area contributed by atoms with Gasteiger partial charge in [-0.25, -0.2) is 0 Å². The van der Waals surface area contributed by atoms with E-state index in [1.54, 1.807) is 24.1 Å². The zero-order chi connectivity index (χ0) is 17.7. The van der Waals surface area contributed by atoms with E-state index in [1.165, 1.54) is 7.11 Å². The van der Waals surface area contributed by atoms with Crippen LogP contribution in [0.3, 0.4) is 0 Å². The Bertz CT molecular complexity index is 736. The molecule has 0 heterocycles. The molecule has 128 valence electrons. The summed E-state index contributed by atoms with van der Waals surface area (Å²) in [6.45, 7) is 2.80. The van der Waals surface area contributed by atoms with Gasteiger partial charge in [0.15, 0.2) is 11.5 Å². The number of carbonyl (C=O) groups excluding carboxylic acids is 1. The third-order valence-corrected chi connectivity index (χ3v) is 4.53. The van der Waals surface area contributed by atoms with Gasteiger partial charge < -0.3 is 14.4 Å². The quantitative estimate of drug-likeness (QED) is 0.685. The molecule has 4 nitrogen and oxygen atoms in total. The second kappa shape index (κ2) is 8.40. The minimum Gasteiger partial charge on any atom is -0.493 e. The number of hydrogen-bond acceptors (Lipinski definition) is 3. The molecule has 2 aromatic carbocycles. The summed E-state index contributed by atoms with van der Waals surface area (Å²) in [5.74, 6) is 0.752. The van der Waals surface area contributed by atoms with Crippen LogP contribution < -0.4 is 9.47 Å². The molecule has 6 heteroatoms.